The van der Waals surface area contributed by atoms with Crippen molar-refractivity contribution in [1.82, 2.24) is 15.5 Å². The molecule has 2 heterocycles. The van der Waals surface area contributed by atoms with Crippen LogP contribution in [0.15, 0.2) is 4.52 Å². The largest absolute Gasteiger partial charge is 0.381 e. The predicted molar refractivity (Wildman–Crippen MR) is 96.3 cm³/mol. The van der Waals surface area contributed by atoms with Gasteiger partial charge in [-0.1, -0.05) is 31.8 Å². The first-order chi connectivity index (χ1) is 12.2. The Kier molecular flexibility index (Phi) is 5.41. The van der Waals surface area contributed by atoms with Gasteiger partial charge in [0.1, 0.15) is 0 Å². The van der Waals surface area contributed by atoms with E-state index in [2.05, 4.69) is 24.3 Å². The van der Waals surface area contributed by atoms with Crippen LogP contribution in [0.2, 0.25) is 0 Å². The quantitative estimate of drug-likeness (QED) is 0.835. The van der Waals surface area contributed by atoms with Gasteiger partial charge in [0.2, 0.25) is 5.89 Å². The number of aromatic nitrogens is 2. The maximum Gasteiger partial charge on any atom is 0.244 e. The zero-order valence-electron chi connectivity index (χ0n) is 15.7. The first kappa shape index (κ1) is 17.5. The Morgan fingerprint density at radius 3 is 2.48 bits per heavy atom. The van der Waals surface area contributed by atoms with Crippen molar-refractivity contribution in [3.63, 3.8) is 0 Å². The standard InChI is InChI=1S/C20H33N3O2/c1-13(2)19-22-20(25-23-19)18(15-8-10-24-11-9-15)21-17-5-3-4-16(12-17)14-6-7-14/h13-18,21H,3-12H2,1-2H3. The fourth-order valence-corrected chi connectivity index (χ4v) is 4.69. The molecule has 25 heavy (non-hydrogen) atoms. The minimum atomic E-state index is 0.187. The molecule has 1 aromatic heterocycles. The van der Waals surface area contributed by atoms with Crippen LogP contribution in [-0.4, -0.2) is 29.4 Å². The van der Waals surface area contributed by atoms with Gasteiger partial charge in [0.15, 0.2) is 5.82 Å². The summed E-state index contributed by atoms with van der Waals surface area (Å²) in [5, 5.41) is 8.18. The minimum absolute atomic E-state index is 0.187. The van der Waals surface area contributed by atoms with Gasteiger partial charge in [-0.15, -0.1) is 0 Å². The monoisotopic (exact) mass is 347 g/mol. The second-order valence-electron chi connectivity index (χ2n) is 8.70. The maximum atomic E-state index is 5.71. The van der Waals surface area contributed by atoms with Gasteiger partial charge in [-0.2, -0.15) is 4.98 Å². The van der Waals surface area contributed by atoms with Crippen LogP contribution in [0.1, 0.15) is 88.9 Å². The lowest BCUT2D eigenvalue weighted by Gasteiger charge is -2.35. The Hall–Kier alpha value is -0.940. The van der Waals surface area contributed by atoms with Crippen molar-refractivity contribution < 1.29 is 9.26 Å². The highest BCUT2D eigenvalue weighted by molar-refractivity contribution is 5.00. The summed E-state index contributed by atoms with van der Waals surface area (Å²) < 4.78 is 11.3. The SMILES string of the molecule is CC(C)c1noc(C(NC2CCCC(C3CC3)C2)C2CCOCC2)n1. The van der Waals surface area contributed by atoms with Gasteiger partial charge in [-0.3, -0.25) is 0 Å². The van der Waals surface area contributed by atoms with Crippen molar-refractivity contribution in [3.8, 4) is 0 Å². The Bertz CT molecular complexity index is 549. The zero-order valence-corrected chi connectivity index (χ0v) is 15.7. The van der Waals surface area contributed by atoms with Crippen LogP contribution in [0.5, 0.6) is 0 Å². The molecule has 1 saturated heterocycles. The molecule has 1 aromatic rings. The summed E-state index contributed by atoms with van der Waals surface area (Å²) in [5.41, 5.74) is 0. The third-order valence-corrected chi connectivity index (χ3v) is 6.40. The number of nitrogens with one attached hydrogen (secondary N) is 1. The zero-order chi connectivity index (χ0) is 17.2. The molecule has 2 aliphatic carbocycles. The number of hydrogen-bond donors (Lipinski definition) is 1. The van der Waals surface area contributed by atoms with Gasteiger partial charge < -0.3 is 14.6 Å². The summed E-state index contributed by atoms with van der Waals surface area (Å²) in [6, 6.07) is 0.786. The third kappa shape index (κ3) is 4.25. The van der Waals surface area contributed by atoms with E-state index in [1.165, 1.54) is 38.5 Å². The van der Waals surface area contributed by atoms with Crippen LogP contribution in [-0.2, 0) is 4.74 Å². The fraction of sp³-hybridized carbons (Fsp3) is 0.900. The molecule has 0 amide bonds. The lowest BCUT2D eigenvalue weighted by molar-refractivity contribution is 0.0447. The van der Waals surface area contributed by atoms with Crippen LogP contribution in [0.3, 0.4) is 0 Å². The van der Waals surface area contributed by atoms with Crippen LogP contribution in [0, 0.1) is 17.8 Å². The van der Waals surface area contributed by atoms with Gasteiger partial charge in [-0.05, 0) is 56.3 Å². The van der Waals surface area contributed by atoms with Crippen LogP contribution < -0.4 is 5.32 Å². The van der Waals surface area contributed by atoms with E-state index in [9.17, 15) is 0 Å². The number of hydrogen-bond acceptors (Lipinski definition) is 5. The number of rotatable bonds is 6. The van der Waals surface area contributed by atoms with Crippen LogP contribution in [0.25, 0.3) is 0 Å². The molecule has 0 bridgehead atoms. The van der Waals surface area contributed by atoms with Crippen LogP contribution >= 0.6 is 0 Å². The van der Waals surface area contributed by atoms with E-state index in [0.717, 1.165) is 49.6 Å². The average Bonchev–Trinajstić information content (AvgIpc) is 3.37. The van der Waals surface area contributed by atoms with Crippen molar-refractivity contribution in [1.29, 1.82) is 0 Å². The van der Waals surface area contributed by atoms with Gasteiger partial charge in [0, 0.05) is 25.2 Å². The summed E-state index contributed by atoms with van der Waals surface area (Å²) in [7, 11) is 0. The van der Waals surface area contributed by atoms with Crippen LogP contribution in [0.4, 0.5) is 0 Å². The van der Waals surface area contributed by atoms with Crippen molar-refractivity contribution >= 4 is 0 Å². The van der Waals surface area contributed by atoms with E-state index in [1.54, 1.807) is 0 Å². The number of nitrogens with zero attached hydrogens (tertiary/aromatic N) is 2. The van der Waals surface area contributed by atoms with Crippen molar-refractivity contribution in [2.24, 2.45) is 17.8 Å². The molecule has 3 unspecified atom stereocenters. The Balaban J connectivity index is 1.47. The molecule has 1 N–H and O–H groups in total. The average molecular weight is 348 g/mol. The first-order valence-electron chi connectivity index (χ1n) is 10.4. The predicted octanol–water partition coefficient (Wildman–Crippen LogP) is 4.22. The molecule has 3 atom stereocenters. The summed E-state index contributed by atoms with van der Waals surface area (Å²) in [4.78, 5) is 4.74. The van der Waals surface area contributed by atoms with E-state index in [-0.39, 0.29) is 6.04 Å². The van der Waals surface area contributed by atoms with Gasteiger partial charge >= 0.3 is 0 Å². The third-order valence-electron chi connectivity index (χ3n) is 6.40. The van der Waals surface area contributed by atoms with E-state index in [4.69, 9.17) is 14.2 Å². The minimum Gasteiger partial charge on any atom is -0.381 e. The van der Waals surface area contributed by atoms with Gasteiger partial charge in [0.05, 0.1) is 6.04 Å². The Labute approximate surface area is 151 Å². The fourth-order valence-electron chi connectivity index (χ4n) is 4.69. The topological polar surface area (TPSA) is 60.2 Å². The lowest BCUT2D eigenvalue weighted by atomic mass is 9.81. The summed E-state index contributed by atoms with van der Waals surface area (Å²) in [5.74, 6) is 4.42. The summed E-state index contributed by atoms with van der Waals surface area (Å²) >= 11 is 0. The first-order valence-corrected chi connectivity index (χ1v) is 10.4. The van der Waals surface area contributed by atoms with E-state index in [0.29, 0.717) is 17.9 Å². The highest BCUT2D eigenvalue weighted by Gasteiger charge is 2.37. The van der Waals surface area contributed by atoms with Crippen molar-refractivity contribution in [2.75, 3.05) is 13.2 Å². The molecule has 2 saturated carbocycles. The summed E-state index contributed by atoms with van der Waals surface area (Å²) in [6.07, 6.45) is 10.5. The highest BCUT2D eigenvalue weighted by atomic mass is 16.5. The second-order valence-corrected chi connectivity index (χ2v) is 8.70. The Morgan fingerprint density at radius 2 is 1.80 bits per heavy atom. The van der Waals surface area contributed by atoms with Gasteiger partial charge in [0.25, 0.3) is 0 Å². The molecule has 140 valence electrons. The van der Waals surface area contributed by atoms with Crippen molar-refractivity contribution in [3.05, 3.63) is 11.7 Å². The maximum absolute atomic E-state index is 5.71. The molecule has 5 nitrogen and oxygen atoms in total. The number of ether oxygens (including phenoxy) is 1. The molecule has 3 fully saturated rings. The summed E-state index contributed by atoms with van der Waals surface area (Å²) in [6.45, 7) is 5.94. The lowest BCUT2D eigenvalue weighted by Crippen LogP contribution is -2.41. The molecular formula is C20H33N3O2. The van der Waals surface area contributed by atoms with E-state index in [1.807, 2.05) is 0 Å². The molecule has 0 radical (unpaired) electrons. The van der Waals surface area contributed by atoms with Crippen molar-refractivity contribution in [2.45, 2.75) is 83.2 Å². The highest BCUT2D eigenvalue weighted by Crippen LogP contribution is 2.44. The molecule has 5 heteroatoms. The molecule has 4 rings (SSSR count). The molecule has 3 aliphatic rings. The molecule has 0 spiro atoms. The van der Waals surface area contributed by atoms with E-state index >= 15 is 0 Å². The normalized spacial score (nSPS) is 29.9. The van der Waals surface area contributed by atoms with E-state index < -0.39 is 0 Å². The molecule has 0 aromatic carbocycles. The van der Waals surface area contributed by atoms with Gasteiger partial charge in [-0.25, -0.2) is 0 Å². The molecular weight excluding hydrogens is 314 g/mol. The Morgan fingerprint density at radius 1 is 1.00 bits per heavy atom. The smallest absolute Gasteiger partial charge is 0.244 e. The molecule has 1 aliphatic heterocycles. The second kappa shape index (κ2) is 7.75.